The maximum absolute atomic E-state index is 12.7. The smallest absolute Gasteiger partial charge is 0.267 e. The van der Waals surface area contributed by atoms with E-state index in [4.69, 9.17) is 0 Å². The molecule has 2 saturated heterocycles. The minimum absolute atomic E-state index is 0.0520. The third-order valence-corrected chi connectivity index (χ3v) is 6.59. The number of carbonyl (C=O) groups excluding carboxylic acids is 1. The monoisotopic (exact) mass is 384 g/mol. The zero-order valence-electron chi connectivity index (χ0n) is 16.0. The lowest BCUT2D eigenvalue weighted by atomic mass is 10.1. The zero-order chi connectivity index (χ0) is 18.6. The summed E-state index contributed by atoms with van der Waals surface area (Å²) in [5, 5.41) is 4.08. The number of nitrogens with one attached hydrogen (secondary N) is 1. The number of nitrogens with zero attached hydrogens (tertiary/aromatic N) is 3. The third kappa shape index (κ3) is 4.50. The molecule has 2 aromatic rings. The van der Waals surface area contributed by atoms with E-state index in [2.05, 4.69) is 32.2 Å². The molecule has 144 valence electrons. The van der Waals surface area contributed by atoms with Crippen molar-refractivity contribution >= 4 is 28.6 Å². The fourth-order valence-electron chi connectivity index (χ4n) is 3.96. The Morgan fingerprint density at radius 3 is 2.41 bits per heavy atom. The van der Waals surface area contributed by atoms with Crippen molar-refractivity contribution in [1.29, 1.82) is 0 Å². The number of likely N-dealkylation sites (tertiary alicyclic amines) is 1. The fraction of sp³-hybridized carbons (Fsp3) is 0.524. The van der Waals surface area contributed by atoms with Crippen LogP contribution in [0.3, 0.4) is 0 Å². The summed E-state index contributed by atoms with van der Waals surface area (Å²) in [5.41, 5.74) is 2.91. The van der Waals surface area contributed by atoms with Crippen molar-refractivity contribution < 1.29 is 4.79 Å². The van der Waals surface area contributed by atoms with E-state index >= 15 is 0 Å². The summed E-state index contributed by atoms with van der Waals surface area (Å²) in [6, 6.07) is 8.19. The van der Waals surface area contributed by atoms with E-state index in [0.717, 1.165) is 54.0 Å². The molecule has 6 heteroatoms. The number of thiazole rings is 1. The van der Waals surface area contributed by atoms with Gasteiger partial charge in [-0.2, -0.15) is 0 Å². The number of carbonyl (C=O) groups is 1. The van der Waals surface area contributed by atoms with Crippen LogP contribution in [0.5, 0.6) is 0 Å². The lowest BCUT2D eigenvalue weighted by Crippen LogP contribution is -2.28. The van der Waals surface area contributed by atoms with Gasteiger partial charge in [0.1, 0.15) is 9.88 Å². The van der Waals surface area contributed by atoms with Crippen LogP contribution >= 0.6 is 11.3 Å². The number of rotatable bonds is 5. The summed E-state index contributed by atoms with van der Waals surface area (Å²) >= 11 is 1.53. The van der Waals surface area contributed by atoms with Gasteiger partial charge in [-0.1, -0.05) is 6.42 Å². The molecule has 0 aliphatic carbocycles. The Hall–Kier alpha value is -1.92. The predicted molar refractivity (Wildman–Crippen MR) is 112 cm³/mol. The number of amides is 1. The molecule has 0 radical (unpaired) electrons. The molecule has 1 aromatic carbocycles. The lowest BCUT2D eigenvalue weighted by molar-refractivity contribution is 0.103. The highest BCUT2D eigenvalue weighted by Crippen LogP contribution is 2.25. The van der Waals surface area contributed by atoms with Crippen molar-refractivity contribution in [1.82, 2.24) is 9.88 Å². The van der Waals surface area contributed by atoms with E-state index in [-0.39, 0.29) is 5.91 Å². The second-order valence-corrected chi connectivity index (χ2v) is 8.64. The van der Waals surface area contributed by atoms with Gasteiger partial charge in [-0.15, -0.1) is 11.3 Å². The highest BCUT2D eigenvalue weighted by Gasteiger charge is 2.18. The first-order chi connectivity index (χ1) is 13.2. The topological polar surface area (TPSA) is 48.5 Å². The quantitative estimate of drug-likeness (QED) is 0.835. The molecule has 3 heterocycles. The minimum Gasteiger partial charge on any atom is -0.372 e. The summed E-state index contributed by atoms with van der Waals surface area (Å²) in [7, 11) is 0. The van der Waals surface area contributed by atoms with E-state index in [0.29, 0.717) is 0 Å². The molecule has 0 saturated carbocycles. The highest BCUT2D eigenvalue weighted by atomic mass is 32.1. The molecule has 2 aliphatic heterocycles. The molecule has 0 unspecified atom stereocenters. The van der Waals surface area contributed by atoms with Gasteiger partial charge in [-0.3, -0.25) is 9.69 Å². The van der Waals surface area contributed by atoms with Crippen LogP contribution < -0.4 is 10.2 Å². The van der Waals surface area contributed by atoms with E-state index in [1.54, 1.807) is 0 Å². The Bertz CT molecular complexity index is 774. The van der Waals surface area contributed by atoms with Gasteiger partial charge >= 0.3 is 0 Å². The minimum atomic E-state index is -0.0520. The van der Waals surface area contributed by atoms with Crippen LogP contribution in [0.2, 0.25) is 0 Å². The van der Waals surface area contributed by atoms with Gasteiger partial charge in [0.25, 0.3) is 5.91 Å². The van der Waals surface area contributed by atoms with Crippen molar-refractivity contribution in [2.45, 2.75) is 45.6 Å². The molecule has 2 fully saturated rings. The summed E-state index contributed by atoms with van der Waals surface area (Å²) in [5.74, 6) is -0.0520. The largest absolute Gasteiger partial charge is 0.372 e. The average molecular weight is 385 g/mol. The Kier molecular flexibility index (Phi) is 5.74. The first-order valence-corrected chi connectivity index (χ1v) is 10.9. The molecule has 27 heavy (non-hydrogen) atoms. The second kappa shape index (κ2) is 8.40. The molecular formula is C21H28N4OS. The molecule has 1 amide bonds. The van der Waals surface area contributed by atoms with Crippen molar-refractivity contribution in [3.8, 4) is 0 Å². The molecule has 1 aromatic heterocycles. The lowest BCUT2D eigenvalue weighted by Gasteiger charge is -2.25. The van der Waals surface area contributed by atoms with Crippen LogP contribution in [0.1, 0.15) is 52.5 Å². The van der Waals surface area contributed by atoms with Gasteiger partial charge in [0.15, 0.2) is 0 Å². The summed E-state index contributed by atoms with van der Waals surface area (Å²) in [6.45, 7) is 7.34. The standard InChI is InChI=1S/C21H28N4OS/c1-16-20(27-19(22-16)15-24-11-3-2-4-12-24)21(26)23-17-7-9-18(10-8-17)25-13-5-6-14-25/h7-10H,2-6,11-15H2,1H3,(H,23,26). The molecule has 0 spiro atoms. The molecule has 0 bridgehead atoms. The first kappa shape index (κ1) is 18.4. The highest BCUT2D eigenvalue weighted by molar-refractivity contribution is 7.13. The van der Waals surface area contributed by atoms with E-state index in [9.17, 15) is 4.79 Å². The Morgan fingerprint density at radius 1 is 1.04 bits per heavy atom. The molecular weight excluding hydrogens is 356 g/mol. The number of benzene rings is 1. The summed E-state index contributed by atoms with van der Waals surface area (Å²) in [4.78, 5) is 22.9. The summed E-state index contributed by atoms with van der Waals surface area (Å²) < 4.78 is 0. The third-order valence-electron chi connectivity index (χ3n) is 5.45. The van der Waals surface area contributed by atoms with Crippen LogP contribution in [0, 0.1) is 6.92 Å². The van der Waals surface area contributed by atoms with Crippen molar-refractivity contribution in [2.75, 3.05) is 36.4 Å². The Labute approximate surface area is 165 Å². The zero-order valence-corrected chi connectivity index (χ0v) is 16.9. The van der Waals surface area contributed by atoms with Crippen LogP contribution in [0.4, 0.5) is 11.4 Å². The predicted octanol–water partition coefficient (Wildman–Crippen LogP) is 4.29. The number of anilines is 2. The number of aromatic nitrogens is 1. The fourth-order valence-corrected chi connectivity index (χ4v) is 4.96. The Morgan fingerprint density at radius 2 is 1.70 bits per heavy atom. The summed E-state index contributed by atoms with van der Waals surface area (Å²) in [6.07, 6.45) is 6.40. The number of hydrogen-bond donors (Lipinski definition) is 1. The van der Waals surface area contributed by atoms with E-state index in [1.165, 1.54) is 49.1 Å². The van der Waals surface area contributed by atoms with E-state index < -0.39 is 0 Å². The SMILES string of the molecule is Cc1nc(CN2CCCCC2)sc1C(=O)Nc1ccc(N2CCCC2)cc1. The van der Waals surface area contributed by atoms with Crippen LogP contribution in [-0.2, 0) is 6.54 Å². The molecule has 2 aliphatic rings. The van der Waals surface area contributed by atoms with Crippen molar-refractivity contribution in [3.05, 3.63) is 39.8 Å². The number of hydrogen-bond acceptors (Lipinski definition) is 5. The van der Waals surface area contributed by atoms with Gasteiger partial charge in [0.2, 0.25) is 0 Å². The van der Waals surface area contributed by atoms with Crippen molar-refractivity contribution in [3.63, 3.8) is 0 Å². The Balaban J connectivity index is 1.38. The molecule has 0 atom stereocenters. The molecule has 4 rings (SSSR count). The van der Waals surface area contributed by atoms with Gasteiger partial charge in [0, 0.05) is 24.5 Å². The molecule has 1 N–H and O–H groups in total. The average Bonchev–Trinajstić information content (AvgIpc) is 3.33. The van der Waals surface area contributed by atoms with Crippen molar-refractivity contribution in [2.24, 2.45) is 0 Å². The number of piperidine rings is 1. The van der Waals surface area contributed by atoms with Gasteiger partial charge in [-0.25, -0.2) is 4.98 Å². The van der Waals surface area contributed by atoms with Crippen LogP contribution in [0.25, 0.3) is 0 Å². The number of aryl methyl sites for hydroxylation is 1. The first-order valence-electron chi connectivity index (χ1n) is 10.0. The van der Waals surface area contributed by atoms with Crippen LogP contribution in [0.15, 0.2) is 24.3 Å². The van der Waals surface area contributed by atoms with Gasteiger partial charge in [-0.05, 0) is 70.0 Å². The second-order valence-electron chi connectivity index (χ2n) is 7.55. The van der Waals surface area contributed by atoms with Gasteiger partial charge < -0.3 is 10.2 Å². The maximum atomic E-state index is 12.7. The molecule has 5 nitrogen and oxygen atoms in total. The maximum Gasteiger partial charge on any atom is 0.267 e. The van der Waals surface area contributed by atoms with E-state index in [1.807, 2.05) is 19.1 Å². The normalized spacial score (nSPS) is 18.0. The van der Waals surface area contributed by atoms with Crippen LogP contribution in [-0.4, -0.2) is 42.0 Å². The van der Waals surface area contributed by atoms with Gasteiger partial charge in [0.05, 0.1) is 12.2 Å².